The molecule has 2 nitrogen and oxygen atoms in total. The normalized spacial score (nSPS) is 9.83. The van der Waals surface area contributed by atoms with Crippen LogP contribution in [0.2, 0.25) is 0 Å². The molecule has 18 heavy (non-hydrogen) atoms. The van der Waals surface area contributed by atoms with E-state index in [4.69, 9.17) is 10.00 Å². The highest BCUT2D eigenvalue weighted by Crippen LogP contribution is 2.15. The maximum atomic E-state index is 13.1. The second-order valence-corrected chi connectivity index (χ2v) is 4.03. The number of hydrogen-bond donors (Lipinski definition) is 0. The maximum absolute atomic E-state index is 13.1. The summed E-state index contributed by atoms with van der Waals surface area (Å²) in [6, 6.07) is 13.9. The highest BCUT2D eigenvalue weighted by molar-refractivity contribution is 5.34. The molecule has 0 heterocycles. The molecule has 3 heteroatoms. The molecule has 0 saturated carbocycles. The first-order valence-electron chi connectivity index (χ1n) is 5.57. The van der Waals surface area contributed by atoms with E-state index in [1.807, 2.05) is 37.3 Å². The molecule has 0 fully saturated rings. The molecule has 2 rings (SSSR count). The lowest BCUT2D eigenvalue weighted by Crippen LogP contribution is -1.97. The van der Waals surface area contributed by atoms with E-state index in [1.54, 1.807) is 6.07 Å². The van der Waals surface area contributed by atoms with Crippen molar-refractivity contribution in [1.82, 2.24) is 0 Å². The quantitative estimate of drug-likeness (QED) is 0.822. The van der Waals surface area contributed by atoms with Crippen LogP contribution in [-0.2, 0) is 6.61 Å². The van der Waals surface area contributed by atoms with E-state index in [1.165, 1.54) is 12.1 Å². The Morgan fingerprint density at radius 3 is 2.56 bits per heavy atom. The summed E-state index contributed by atoms with van der Waals surface area (Å²) >= 11 is 0. The maximum Gasteiger partial charge on any atom is 0.140 e. The van der Waals surface area contributed by atoms with Crippen LogP contribution in [0.1, 0.15) is 16.7 Å². The number of nitrogens with zero attached hydrogens (tertiary/aromatic N) is 1. The number of benzene rings is 2. The highest BCUT2D eigenvalue weighted by Gasteiger charge is 2.03. The van der Waals surface area contributed by atoms with E-state index >= 15 is 0 Å². The fourth-order valence-electron chi connectivity index (χ4n) is 1.55. The van der Waals surface area contributed by atoms with Crippen molar-refractivity contribution in [3.63, 3.8) is 0 Å². The van der Waals surface area contributed by atoms with Crippen molar-refractivity contribution >= 4 is 0 Å². The summed E-state index contributed by atoms with van der Waals surface area (Å²) in [5, 5.41) is 8.73. The van der Waals surface area contributed by atoms with Gasteiger partial charge in [-0.2, -0.15) is 5.26 Å². The van der Waals surface area contributed by atoms with Crippen molar-refractivity contribution in [2.45, 2.75) is 13.5 Å². The average molecular weight is 241 g/mol. The second kappa shape index (κ2) is 5.33. The standard InChI is InChI=1S/C15H12FNO/c1-11-2-5-14(6-3-11)18-10-12-4-7-15(16)13(8-12)9-17/h2-8H,10H2,1H3. The molecule has 2 aromatic carbocycles. The van der Waals surface area contributed by atoms with E-state index in [2.05, 4.69) is 0 Å². The smallest absolute Gasteiger partial charge is 0.140 e. The van der Waals surface area contributed by atoms with E-state index in [0.29, 0.717) is 6.61 Å². The van der Waals surface area contributed by atoms with Gasteiger partial charge in [-0.15, -0.1) is 0 Å². The molecular formula is C15H12FNO. The Balaban J connectivity index is 2.06. The molecule has 0 aliphatic heterocycles. The predicted molar refractivity (Wildman–Crippen MR) is 66.6 cm³/mol. The molecule has 0 aliphatic carbocycles. The van der Waals surface area contributed by atoms with Crippen LogP contribution in [0.3, 0.4) is 0 Å². The minimum absolute atomic E-state index is 0.0417. The number of aryl methyl sites for hydroxylation is 1. The summed E-state index contributed by atoms with van der Waals surface area (Å²) in [5.41, 5.74) is 1.98. The third kappa shape index (κ3) is 2.86. The van der Waals surface area contributed by atoms with Gasteiger partial charge in [-0.3, -0.25) is 0 Å². The molecule has 0 saturated heterocycles. The molecule has 2 aromatic rings. The lowest BCUT2D eigenvalue weighted by atomic mass is 10.1. The van der Waals surface area contributed by atoms with Crippen LogP contribution in [0.5, 0.6) is 5.75 Å². The molecule has 0 aliphatic rings. The summed E-state index contributed by atoms with van der Waals surface area (Å²) in [5.74, 6) is 0.250. The molecule has 0 spiro atoms. The number of halogens is 1. The minimum atomic E-state index is -0.503. The lowest BCUT2D eigenvalue weighted by Gasteiger charge is -2.07. The second-order valence-electron chi connectivity index (χ2n) is 4.03. The van der Waals surface area contributed by atoms with Crippen LogP contribution in [0.4, 0.5) is 4.39 Å². The summed E-state index contributed by atoms with van der Waals surface area (Å²) < 4.78 is 18.7. The van der Waals surface area contributed by atoms with Gasteiger partial charge < -0.3 is 4.74 Å². The van der Waals surface area contributed by atoms with Crippen molar-refractivity contribution in [3.8, 4) is 11.8 Å². The van der Waals surface area contributed by atoms with Crippen molar-refractivity contribution in [1.29, 1.82) is 5.26 Å². The van der Waals surface area contributed by atoms with Crippen molar-refractivity contribution in [2.75, 3.05) is 0 Å². The van der Waals surface area contributed by atoms with Crippen LogP contribution < -0.4 is 4.74 Å². The lowest BCUT2D eigenvalue weighted by molar-refractivity contribution is 0.306. The van der Waals surface area contributed by atoms with Gasteiger partial charge in [0.1, 0.15) is 24.2 Å². The topological polar surface area (TPSA) is 33.0 Å². The van der Waals surface area contributed by atoms with Crippen molar-refractivity contribution in [2.24, 2.45) is 0 Å². The summed E-state index contributed by atoms with van der Waals surface area (Å²) in [7, 11) is 0. The van der Waals surface area contributed by atoms with Crippen LogP contribution in [0.15, 0.2) is 42.5 Å². The fourth-order valence-corrected chi connectivity index (χ4v) is 1.55. The van der Waals surface area contributed by atoms with Crippen molar-refractivity contribution < 1.29 is 9.13 Å². The average Bonchev–Trinajstić information content (AvgIpc) is 2.39. The molecule has 0 amide bonds. The molecule has 0 bridgehead atoms. The van der Waals surface area contributed by atoms with Gasteiger partial charge in [0.2, 0.25) is 0 Å². The fraction of sp³-hybridized carbons (Fsp3) is 0.133. The largest absolute Gasteiger partial charge is 0.489 e. The Morgan fingerprint density at radius 2 is 1.89 bits per heavy atom. The number of hydrogen-bond acceptors (Lipinski definition) is 2. The Kier molecular flexibility index (Phi) is 3.59. The van der Waals surface area contributed by atoms with Gasteiger partial charge in [0.05, 0.1) is 5.56 Å². The van der Waals surface area contributed by atoms with Crippen LogP contribution in [0.25, 0.3) is 0 Å². The van der Waals surface area contributed by atoms with Crippen LogP contribution in [0, 0.1) is 24.1 Å². The SMILES string of the molecule is Cc1ccc(OCc2ccc(F)c(C#N)c2)cc1. The summed E-state index contributed by atoms with van der Waals surface area (Å²) in [4.78, 5) is 0. The van der Waals surface area contributed by atoms with E-state index in [9.17, 15) is 4.39 Å². The van der Waals surface area contributed by atoms with Crippen LogP contribution in [-0.4, -0.2) is 0 Å². The Hall–Kier alpha value is -2.34. The zero-order valence-electron chi connectivity index (χ0n) is 9.98. The molecule has 0 unspecified atom stereocenters. The minimum Gasteiger partial charge on any atom is -0.489 e. The van der Waals surface area contributed by atoms with Crippen LogP contribution >= 0.6 is 0 Å². The highest BCUT2D eigenvalue weighted by atomic mass is 19.1. The number of ether oxygens (including phenoxy) is 1. The van der Waals surface area contributed by atoms with Gasteiger partial charge in [0.15, 0.2) is 0 Å². The van der Waals surface area contributed by atoms with E-state index in [0.717, 1.165) is 16.9 Å². The van der Waals surface area contributed by atoms with Gasteiger partial charge in [0.25, 0.3) is 0 Å². The molecule has 0 aromatic heterocycles. The van der Waals surface area contributed by atoms with E-state index < -0.39 is 5.82 Å². The summed E-state index contributed by atoms with van der Waals surface area (Å²) in [6.45, 7) is 2.32. The first-order valence-corrected chi connectivity index (χ1v) is 5.57. The van der Waals surface area contributed by atoms with E-state index in [-0.39, 0.29) is 5.56 Å². The van der Waals surface area contributed by atoms with Gasteiger partial charge in [0, 0.05) is 0 Å². The molecular weight excluding hydrogens is 229 g/mol. The Bertz CT molecular complexity index is 584. The first-order chi connectivity index (χ1) is 8.69. The molecule has 0 atom stereocenters. The third-order valence-corrected chi connectivity index (χ3v) is 2.58. The van der Waals surface area contributed by atoms with Crippen molar-refractivity contribution in [3.05, 3.63) is 65.0 Å². The third-order valence-electron chi connectivity index (χ3n) is 2.58. The van der Waals surface area contributed by atoms with Gasteiger partial charge >= 0.3 is 0 Å². The number of rotatable bonds is 3. The predicted octanol–water partition coefficient (Wildman–Crippen LogP) is 3.58. The zero-order valence-corrected chi connectivity index (χ0v) is 9.98. The zero-order chi connectivity index (χ0) is 13.0. The van der Waals surface area contributed by atoms with Gasteiger partial charge in [-0.25, -0.2) is 4.39 Å². The number of nitriles is 1. The molecule has 0 radical (unpaired) electrons. The van der Waals surface area contributed by atoms with Gasteiger partial charge in [-0.1, -0.05) is 23.8 Å². The Morgan fingerprint density at radius 1 is 1.17 bits per heavy atom. The first kappa shape index (κ1) is 12.1. The monoisotopic (exact) mass is 241 g/mol. The summed E-state index contributed by atoms with van der Waals surface area (Å²) in [6.07, 6.45) is 0. The Labute approximate surface area is 105 Å². The van der Waals surface area contributed by atoms with Gasteiger partial charge in [-0.05, 0) is 36.8 Å². The molecule has 0 N–H and O–H groups in total. The molecule has 90 valence electrons.